The second-order valence-electron chi connectivity index (χ2n) is 2.87. The molecule has 18 heavy (non-hydrogen) atoms. The third-order valence-electron chi connectivity index (χ3n) is 1.72. The van der Waals surface area contributed by atoms with Crippen LogP contribution in [0.3, 0.4) is 0 Å². The van der Waals surface area contributed by atoms with Crippen LogP contribution in [0, 0.1) is 0 Å². The first-order chi connectivity index (χ1) is 8.90. The standard InChI is InChI=1S/2C4H4N2O2.2Sb/c2*7-3-1-2-5-4(8)6-3;;/h2*1-2H,(H2,5,6,7,8);;/q;;2*+2/p-4. The van der Waals surface area contributed by atoms with Gasteiger partial charge in [-0.25, -0.2) is 0 Å². The van der Waals surface area contributed by atoms with Crippen molar-refractivity contribution < 1.29 is 12.1 Å². The van der Waals surface area contributed by atoms with E-state index >= 15 is 0 Å². The van der Waals surface area contributed by atoms with Gasteiger partial charge in [0.1, 0.15) is 0 Å². The van der Waals surface area contributed by atoms with Crippen LogP contribution in [0.4, 0.5) is 0 Å². The molecule has 3 heterocycles. The van der Waals surface area contributed by atoms with Crippen LogP contribution in [0.2, 0.25) is 0 Å². The van der Waals surface area contributed by atoms with Gasteiger partial charge in [0.25, 0.3) is 0 Å². The summed E-state index contributed by atoms with van der Waals surface area (Å²) in [7, 11) is 0. The van der Waals surface area contributed by atoms with E-state index in [1.165, 1.54) is 0 Å². The van der Waals surface area contributed by atoms with E-state index < -0.39 is 44.9 Å². The van der Waals surface area contributed by atoms with Crippen molar-refractivity contribution in [1.82, 2.24) is 19.9 Å². The molecule has 1 aliphatic heterocycles. The molecule has 0 saturated heterocycles. The summed E-state index contributed by atoms with van der Waals surface area (Å²) < 4.78 is 21.5. The Morgan fingerprint density at radius 2 is 1.22 bits per heavy atom. The molecule has 2 aromatic heterocycles. The Hall–Kier alpha value is -1.00. The fourth-order valence-corrected chi connectivity index (χ4v) is 3.13. The Balaban J connectivity index is 1.84. The van der Waals surface area contributed by atoms with Crippen LogP contribution >= 0.6 is 0 Å². The van der Waals surface area contributed by atoms with Crippen LogP contribution < -0.4 is 12.1 Å². The van der Waals surface area contributed by atoms with E-state index in [2.05, 4.69) is 19.9 Å². The van der Waals surface area contributed by atoms with Crippen LogP contribution in [0.15, 0.2) is 24.5 Å². The number of fused-ring (bicyclic) bond motifs is 4. The Kier molecular flexibility index (Phi) is 3.86. The van der Waals surface area contributed by atoms with Gasteiger partial charge in [-0.3, -0.25) is 0 Å². The van der Waals surface area contributed by atoms with E-state index in [-0.39, 0.29) is 12.0 Å². The van der Waals surface area contributed by atoms with Gasteiger partial charge in [-0.05, 0) is 0 Å². The number of nitrogens with zero attached hydrogens (tertiary/aromatic N) is 4. The molecular formula is C8H4N4O4Sb2. The van der Waals surface area contributed by atoms with Crippen molar-refractivity contribution in [3.05, 3.63) is 24.5 Å². The number of aromatic nitrogens is 4. The molecule has 0 atom stereocenters. The van der Waals surface area contributed by atoms with Crippen LogP contribution in [0.1, 0.15) is 0 Å². The van der Waals surface area contributed by atoms with Crippen LogP contribution in [-0.2, 0) is 0 Å². The molecule has 10 heteroatoms. The molecule has 90 valence electrons. The first-order valence-electron chi connectivity index (χ1n) is 4.65. The van der Waals surface area contributed by atoms with Crippen LogP contribution in [0.25, 0.3) is 0 Å². The van der Waals surface area contributed by atoms with Gasteiger partial charge >= 0.3 is 125 Å². The molecule has 0 spiro atoms. The first kappa shape index (κ1) is 12.1. The summed E-state index contributed by atoms with van der Waals surface area (Å²) in [5.74, 6) is 0.866. The minimum atomic E-state index is -1.45. The van der Waals surface area contributed by atoms with Gasteiger partial charge in [0, 0.05) is 0 Å². The SMILES string of the molecule is c1cc2nc(n1)[O][Sb][O]c1nccc(n1)[O][Sb][O]2. The molecule has 0 saturated carbocycles. The monoisotopic (exact) mass is 462 g/mol. The van der Waals surface area contributed by atoms with Crippen LogP contribution in [0.5, 0.6) is 23.8 Å². The molecule has 0 aromatic carbocycles. The number of rotatable bonds is 0. The van der Waals surface area contributed by atoms with Crippen molar-refractivity contribution in [1.29, 1.82) is 0 Å². The van der Waals surface area contributed by atoms with Crippen LogP contribution in [-0.4, -0.2) is 64.8 Å². The average molecular weight is 464 g/mol. The van der Waals surface area contributed by atoms with E-state index in [0.29, 0.717) is 11.8 Å². The Morgan fingerprint density at radius 3 is 1.78 bits per heavy atom. The third-order valence-corrected chi connectivity index (χ3v) is 4.57. The normalized spacial score (nSPS) is 13.8. The van der Waals surface area contributed by atoms with Gasteiger partial charge < -0.3 is 0 Å². The fourth-order valence-electron chi connectivity index (χ4n) is 1.02. The molecule has 0 fully saturated rings. The zero-order valence-electron chi connectivity index (χ0n) is 8.63. The zero-order chi connectivity index (χ0) is 12.2. The summed E-state index contributed by atoms with van der Waals surface area (Å²) in [4.78, 5) is 16.0. The molecule has 1 aliphatic rings. The molecule has 2 aromatic rings. The Morgan fingerprint density at radius 1 is 0.722 bits per heavy atom. The molecule has 4 bridgehead atoms. The summed E-state index contributed by atoms with van der Waals surface area (Å²) in [6, 6.07) is 3.76. The summed E-state index contributed by atoms with van der Waals surface area (Å²) in [5.41, 5.74) is 0. The fraction of sp³-hybridized carbons (Fsp3) is 0. The van der Waals surface area contributed by atoms with Gasteiger partial charge in [-0.1, -0.05) is 0 Å². The molecule has 0 aliphatic carbocycles. The Bertz CT molecular complexity index is 470. The topological polar surface area (TPSA) is 88.5 Å². The summed E-state index contributed by atoms with van der Waals surface area (Å²) in [5, 5.41) is 0. The predicted molar refractivity (Wildman–Crippen MR) is 58.1 cm³/mol. The first-order valence-corrected chi connectivity index (χ1v) is 8.82. The summed E-state index contributed by atoms with van der Waals surface area (Å²) in [6.45, 7) is 0. The van der Waals surface area contributed by atoms with E-state index in [4.69, 9.17) is 12.1 Å². The van der Waals surface area contributed by atoms with Crippen molar-refractivity contribution in [2.45, 2.75) is 0 Å². The second-order valence-corrected chi connectivity index (χ2v) is 5.80. The molecule has 0 amide bonds. The number of hydrogen-bond donors (Lipinski definition) is 0. The quantitative estimate of drug-likeness (QED) is 0.486. The minimum absolute atomic E-state index is 0.233. The van der Waals surface area contributed by atoms with Crippen molar-refractivity contribution in [3.8, 4) is 23.8 Å². The van der Waals surface area contributed by atoms with Gasteiger partial charge in [0.15, 0.2) is 0 Å². The maximum absolute atomic E-state index is 5.43. The predicted octanol–water partition coefficient (Wildman–Crippen LogP) is -0.436. The van der Waals surface area contributed by atoms with Crippen molar-refractivity contribution in [3.63, 3.8) is 0 Å². The van der Waals surface area contributed by atoms with Crippen molar-refractivity contribution in [2.75, 3.05) is 0 Å². The molecule has 3 rings (SSSR count). The molecule has 0 unspecified atom stereocenters. The van der Waals surface area contributed by atoms with Gasteiger partial charge in [-0.15, -0.1) is 0 Å². The van der Waals surface area contributed by atoms with Crippen molar-refractivity contribution >= 4 is 44.9 Å². The van der Waals surface area contributed by atoms with Gasteiger partial charge in [-0.2, -0.15) is 0 Å². The summed E-state index contributed by atoms with van der Waals surface area (Å²) in [6.07, 6.45) is 3.12. The van der Waals surface area contributed by atoms with Gasteiger partial charge in [0.2, 0.25) is 0 Å². The van der Waals surface area contributed by atoms with E-state index in [0.717, 1.165) is 0 Å². The van der Waals surface area contributed by atoms with E-state index in [1.807, 2.05) is 0 Å². The molecular weight excluding hydrogens is 460 g/mol. The Labute approximate surface area is 124 Å². The van der Waals surface area contributed by atoms with Gasteiger partial charge in [0.05, 0.1) is 0 Å². The average Bonchev–Trinajstić information content (AvgIpc) is 2.39. The number of hydrogen-bond acceptors (Lipinski definition) is 8. The maximum atomic E-state index is 5.43. The van der Waals surface area contributed by atoms with E-state index in [9.17, 15) is 0 Å². The third kappa shape index (κ3) is 3.06. The van der Waals surface area contributed by atoms with Crippen molar-refractivity contribution in [2.24, 2.45) is 0 Å². The molecule has 0 N–H and O–H groups in total. The molecule has 8 nitrogen and oxygen atoms in total. The summed E-state index contributed by atoms with van der Waals surface area (Å²) >= 11 is -2.83. The van der Waals surface area contributed by atoms with E-state index in [1.54, 1.807) is 24.5 Å². The zero-order valence-corrected chi connectivity index (χ0v) is 13.7. The molecule has 2 radical (unpaired) electrons. The second kappa shape index (κ2) is 5.76.